The topological polar surface area (TPSA) is 43.8 Å². The van der Waals surface area contributed by atoms with Crippen LogP contribution in [0.3, 0.4) is 0 Å². The molecule has 1 saturated heterocycles. The summed E-state index contributed by atoms with van der Waals surface area (Å²) in [6.45, 7) is 5.68. The lowest BCUT2D eigenvalue weighted by Crippen LogP contribution is -2.31. The van der Waals surface area contributed by atoms with E-state index in [1.807, 2.05) is 43.5 Å². The van der Waals surface area contributed by atoms with Gasteiger partial charge < -0.3 is 14.2 Å². The molecule has 1 aliphatic rings. The zero-order valence-electron chi connectivity index (χ0n) is 16.0. The zero-order chi connectivity index (χ0) is 19.1. The molecule has 1 aromatic heterocycles. The highest BCUT2D eigenvalue weighted by atomic mass is 35.5. The molecule has 0 radical (unpaired) electrons. The van der Waals surface area contributed by atoms with Crippen LogP contribution in [-0.2, 0) is 17.8 Å². The number of methoxy groups -OCH3 is 1. The molecule has 0 amide bonds. The second-order valence-electron chi connectivity index (χ2n) is 6.67. The molecule has 27 heavy (non-hydrogen) atoms. The lowest BCUT2D eigenvalue weighted by Gasteiger charge is -2.25. The Hall–Kier alpha value is -1.82. The third kappa shape index (κ3) is 5.58. The summed E-state index contributed by atoms with van der Waals surface area (Å²) in [4.78, 5) is 6.82. The van der Waals surface area contributed by atoms with E-state index in [0.717, 1.165) is 50.3 Å². The van der Waals surface area contributed by atoms with E-state index in [2.05, 4.69) is 9.88 Å². The van der Waals surface area contributed by atoms with Crippen LogP contribution in [0.1, 0.15) is 31.0 Å². The molecule has 0 N–H and O–H groups in total. The average Bonchev–Trinajstić information content (AvgIpc) is 3.17. The van der Waals surface area contributed by atoms with E-state index in [1.165, 1.54) is 0 Å². The Bertz CT molecular complexity index is 721. The second kappa shape index (κ2) is 9.93. The van der Waals surface area contributed by atoms with Gasteiger partial charge in [-0.15, -0.1) is 0 Å². The number of rotatable bonds is 9. The predicted molar refractivity (Wildman–Crippen MR) is 106 cm³/mol. The van der Waals surface area contributed by atoms with Gasteiger partial charge in [-0.1, -0.05) is 17.7 Å². The molecule has 1 fully saturated rings. The van der Waals surface area contributed by atoms with E-state index < -0.39 is 0 Å². The Balaban J connectivity index is 1.78. The maximum absolute atomic E-state index is 6.45. The summed E-state index contributed by atoms with van der Waals surface area (Å²) in [6.07, 6.45) is 4.33. The molecule has 3 rings (SSSR count). The van der Waals surface area contributed by atoms with Crippen molar-refractivity contribution in [1.29, 1.82) is 0 Å². The number of hydrogen-bond acceptors (Lipinski definition) is 5. The first-order chi connectivity index (χ1) is 13.2. The molecule has 1 aliphatic heterocycles. The first kappa shape index (κ1) is 19.9. The first-order valence-corrected chi connectivity index (χ1v) is 9.80. The molecule has 5 nitrogen and oxygen atoms in total. The summed E-state index contributed by atoms with van der Waals surface area (Å²) in [5.41, 5.74) is 2.12. The molecule has 146 valence electrons. The van der Waals surface area contributed by atoms with Crippen LogP contribution in [0.4, 0.5) is 0 Å². The van der Waals surface area contributed by atoms with Crippen molar-refractivity contribution in [2.45, 2.75) is 39.0 Å². The average molecular weight is 391 g/mol. The molecular weight excluding hydrogens is 364 g/mol. The molecular formula is C21H27ClN2O3. The maximum atomic E-state index is 6.45. The normalized spacial score (nSPS) is 16.7. The molecule has 6 heteroatoms. The number of nitrogens with zero attached hydrogens (tertiary/aromatic N) is 2. The second-order valence-corrected chi connectivity index (χ2v) is 7.07. The van der Waals surface area contributed by atoms with Crippen LogP contribution in [0.15, 0.2) is 36.5 Å². The molecule has 2 heterocycles. The lowest BCUT2D eigenvalue weighted by molar-refractivity contribution is 0.0674. The van der Waals surface area contributed by atoms with Crippen LogP contribution in [-0.4, -0.2) is 42.9 Å². The Morgan fingerprint density at radius 1 is 1.30 bits per heavy atom. The van der Waals surface area contributed by atoms with Gasteiger partial charge >= 0.3 is 0 Å². The van der Waals surface area contributed by atoms with Crippen LogP contribution in [0.2, 0.25) is 5.02 Å². The van der Waals surface area contributed by atoms with Crippen LogP contribution < -0.4 is 9.47 Å². The third-order valence-electron chi connectivity index (χ3n) is 4.58. The number of aromatic nitrogens is 1. The Morgan fingerprint density at radius 2 is 2.19 bits per heavy atom. The highest BCUT2D eigenvalue weighted by molar-refractivity contribution is 6.32. The maximum Gasteiger partial charge on any atom is 0.179 e. The molecule has 1 atom stereocenters. The van der Waals surface area contributed by atoms with Crippen LogP contribution in [0, 0.1) is 0 Å². The summed E-state index contributed by atoms with van der Waals surface area (Å²) in [7, 11) is 1.63. The Morgan fingerprint density at radius 3 is 2.85 bits per heavy atom. The predicted octanol–water partition coefficient (Wildman–Crippen LogP) is 4.32. The van der Waals surface area contributed by atoms with Gasteiger partial charge in [-0.25, -0.2) is 0 Å². The van der Waals surface area contributed by atoms with Crippen molar-refractivity contribution in [3.8, 4) is 11.5 Å². The molecule has 0 spiro atoms. The lowest BCUT2D eigenvalue weighted by atomic mass is 10.1. The van der Waals surface area contributed by atoms with E-state index >= 15 is 0 Å². The van der Waals surface area contributed by atoms with Gasteiger partial charge in [-0.2, -0.15) is 0 Å². The smallest absolute Gasteiger partial charge is 0.179 e. The van der Waals surface area contributed by atoms with E-state index in [4.69, 9.17) is 25.8 Å². The van der Waals surface area contributed by atoms with Crippen molar-refractivity contribution in [2.24, 2.45) is 0 Å². The minimum absolute atomic E-state index is 0.272. The Kier molecular flexibility index (Phi) is 7.33. The summed E-state index contributed by atoms with van der Waals surface area (Å²) in [5.74, 6) is 1.26. The zero-order valence-corrected chi connectivity index (χ0v) is 16.7. The standard InChI is InChI=1S/C21H27ClN2O3/c1-3-26-21-19(22)11-16(12-20(21)25-2)13-24(15-18-8-6-10-27-18)14-17-7-4-5-9-23-17/h4-5,7,9,11-12,18H,3,6,8,10,13-15H2,1-2H3. The van der Waals surface area contributed by atoms with Gasteiger partial charge in [0.05, 0.1) is 30.5 Å². The number of hydrogen-bond donors (Lipinski definition) is 0. The van der Waals surface area contributed by atoms with Crippen molar-refractivity contribution >= 4 is 11.6 Å². The minimum atomic E-state index is 0.272. The number of halogens is 1. The summed E-state index contributed by atoms with van der Waals surface area (Å²) in [6, 6.07) is 9.95. The number of benzene rings is 1. The first-order valence-electron chi connectivity index (χ1n) is 9.42. The fraction of sp³-hybridized carbons (Fsp3) is 0.476. The minimum Gasteiger partial charge on any atom is -0.493 e. The van der Waals surface area contributed by atoms with Crippen molar-refractivity contribution in [2.75, 3.05) is 26.9 Å². The fourth-order valence-corrected chi connectivity index (χ4v) is 3.68. The van der Waals surface area contributed by atoms with Crippen molar-refractivity contribution in [3.63, 3.8) is 0 Å². The third-order valence-corrected chi connectivity index (χ3v) is 4.86. The van der Waals surface area contributed by atoms with Gasteiger partial charge in [0, 0.05) is 32.4 Å². The van der Waals surface area contributed by atoms with E-state index in [1.54, 1.807) is 7.11 Å². The molecule has 0 saturated carbocycles. The molecule has 2 aromatic rings. The molecule has 1 unspecified atom stereocenters. The van der Waals surface area contributed by atoms with Gasteiger partial charge in [0.1, 0.15) is 0 Å². The van der Waals surface area contributed by atoms with Crippen LogP contribution in [0.5, 0.6) is 11.5 Å². The highest BCUT2D eigenvalue weighted by Gasteiger charge is 2.21. The Labute approximate surface area is 166 Å². The summed E-state index contributed by atoms with van der Waals surface area (Å²) < 4.78 is 17.0. The summed E-state index contributed by atoms with van der Waals surface area (Å²) in [5, 5.41) is 0.570. The summed E-state index contributed by atoms with van der Waals surface area (Å²) >= 11 is 6.45. The van der Waals surface area contributed by atoms with Gasteiger partial charge in [0.25, 0.3) is 0 Å². The van der Waals surface area contributed by atoms with E-state index in [9.17, 15) is 0 Å². The van der Waals surface area contributed by atoms with Gasteiger partial charge in [-0.05, 0) is 49.6 Å². The monoisotopic (exact) mass is 390 g/mol. The fourth-order valence-electron chi connectivity index (χ4n) is 3.39. The van der Waals surface area contributed by atoms with Gasteiger partial charge in [0.15, 0.2) is 11.5 Å². The largest absolute Gasteiger partial charge is 0.493 e. The van der Waals surface area contributed by atoms with E-state index in [0.29, 0.717) is 23.1 Å². The van der Waals surface area contributed by atoms with E-state index in [-0.39, 0.29) is 6.10 Å². The van der Waals surface area contributed by atoms with Crippen LogP contribution in [0.25, 0.3) is 0 Å². The number of ether oxygens (including phenoxy) is 3. The van der Waals surface area contributed by atoms with Crippen molar-refractivity contribution < 1.29 is 14.2 Å². The van der Waals surface area contributed by atoms with Crippen LogP contribution >= 0.6 is 11.6 Å². The molecule has 0 bridgehead atoms. The SMILES string of the molecule is CCOc1c(Cl)cc(CN(Cc2ccccn2)CC2CCCO2)cc1OC. The van der Waals surface area contributed by atoms with Gasteiger partial charge in [-0.3, -0.25) is 9.88 Å². The quantitative estimate of drug-likeness (QED) is 0.637. The highest BCUT2D eigenvalue weighted by Crippen LogP contribution is 2.36. The van der Waals surface area contributed by atoms with Gasteiger partial charge in [0.2, 0.25) is 0 Å². The molecule has 0 aliphatic carbocycles. The van der Waals surface area contributed by atoms with Crippen molar-refractivity contribution in [1.82, 2.24) is 9.88 Å². The number of pyridine rings is 1. The van der Waals surface area contributed by atoms with Crippen molar-refractivity contribution in [3.05, 3.63) is 52.8 Å². The molecule has 1 aromatic carbocycles.